The molecule has 2 saturated heterocycles. The molecule has 3 heterocycles. The number of carbonyl (C=O) groups excluding carboxylic acids is 5. The number of hydrogen-bond acceptors (Lipinski definition) is 9. The van der Waals surface area contributed by atoms with Crippen molar-refractivity contribution in [1.29, 1.82) is 0 Å². The van der Waals surface area contributed by atoms with Crippen molar-refractivity contribution in [2.75, 3.05) is 19.8 Å². The van der Waals surface area contributed by atoms with Crippen molar-refractivity contribution in [2.24, 2.45) is 5.41 Å². The summed E-state index contributed by atoms with van der Waals surface area (Å²) in [5, 5.41) is 8.13. The Hall–Kier alpha value is -3.19. The summed E-state index contributed by atoms with van der Waals surface area (Å²) >= 11 is 0. The molecule has 1 spiro atoms. The zero-order chi connectivity index (χ0) is 29.9. The van der Waals surface area contributed by atoms with Crippen LogP contribution in [0.4, 0.5) is 4.79 Å². The van der Waals surface area contributed by atoms with Gasteiger partial charge in [-0.05, 0) is 37.7 Å². The van der Waals surface area contributed by atoms with Gasteiger partial charge in [0.05, 0.1) is 25.8 Å². The molecule has 0 aromatic carbocycles. The smallest absolute Gasteiger partial charge is 0.408 e. The predicted octanol–water partition coefficient (Wildman–Crippen LogP) is 0.827. The van der Waals surface area contributed by atoms with Crippen LogP contribution in [0.3, 0.4) is 0 Å². The van der Waals surface area contributed by atoms with Gasteiger partial charge >= 0.3 is 6.09 Å². The lowest BCUT2D eigenvalue weighted by molar-refractivity contribution is -0.144. The highest BCUT2D eigenvalue weighted by Gasteiger charge is 2.53. The van der Waals surface area contributed by atoms with Gasteiger partial charge in [-0.2, -0.15) is 0 Å². The van der Waals surface area contributed by atoms with E-state index in [4.69, 9.17) is 14.3 Å². The summed E-state index contributed by atoms with van der Waals surface area (Å²) in [5.74, 6) is -2.48. The monoisotopic (exact) mass is 577 g/mol. The van der Waals surface area contributed by atoms with Crippen molar-refractivity contribution in [3.63, 3.8) is 0 Å². The molecule has 0 unspecified atom stereocenters. The first-order valence-electron chi connectivity index (χ1n) is 14.5. The summed E-state index contributed by atoms with van der Waals surface area (Å²) in [6, 6.07) is -3.07. The molecule has 5 atom stereocenters. The highest BCUT2D eigenvalue weighted by atomic mass is 16.7. The van der Waals surface area contributed by atoms with Crippen LogP contribution in [0.5, 0.6) is 0 Å². The van der Waals surface area contributed by atoms with Crippen LogP contribution in [-0.2, 0) is 33.5 Å². The zero-order valence-corrected chi connectivity index (χ0v) is 24.5. The molecule has 4 rings (SSSR count). The highest BCUT2D eigenvalue weighted by Crippen LogP contribution is 2.37. The van der Waals surface area contributed by atoms with Gasteiger partial charge in [-0.15, -0.1) is 0 Å². The molecule has 0 bridgehead atoms. The van der Waals surface area contributed by atoms with Crippen molar-refractivity contribution in [1.82, 2.24) is 26.3 Å². The summed E-state index contributed by atoms with van der Waals surface area (Å²) in [5.41, 5.74) is 1.83. The lowest BCUT2D eigenvalue weighted by Crippen LogP contribution is -2.59. The van der Waals surface area contributed by atoms with Crippen LogP contribution < -0.4 is 21.4 Å². The molecule has 4 aliphatic rings. The average molecular weight is 578 g/mol. The number of nitrogens with zero attached hydrogens (tertiary/aromatic N) is 1. The lowest BCUT2D eigenvalue weighted by atomic mass is 9.85. The number of hydroxylamine groups is 1. The molecular weight excluding hydrogens is 534 g/mol. The lowest BCUT2D eigenvalue weighted by Gasteiger charge is -2.35. The number of nitrogens with one attached hydrogen (secondary N) is 4. The maximum atomic E-state index is 14.1. The van der Waals surface area contributed by atoms with Crippen molar-refractivity contribution < 1.29 is 38.3 Å². The number of allylic oxidation sites excluding steroid dienone is 1. The first kappa shape index (κ1) is 30.8. The molecule has 13 heteroatoms. The fourth-order valence-corrected chi connectivity index (χ4v) is 5.37. The van der Waals surface area contributed by atoms with E-state index in [9.17, 15) is 24.0 Å². The Labute approximate surface area is 240 Å². The molecule has 3 fully saturated rings. The number of amides is 4. The SMILES string of the molecule is CCC[C@H](NC(=O)[C@@H]1C[C@]2(C=C(C)NO2)CN1C(=O)[C@@H](NC(=O)O[C@H]1CCOC1)C(C)(C)C)C(=O)C(=O)NC1CC1. The van der Waals surface area contributed by atoms with E-state index in [1.165, 1.54) is 4.90 Å². The number of hydrogen-bond donors (Lipinski definition) is 4. The molecule has 0 radical (unpaired) electrons. The Balaban J connectivity index is 1.54. The number of ketones is 1. The van der Waals surface area contributed by atoms with Gasteiger partial charge in [0.25, 0.3) is 5.91 Å². The minimum Gasteiger partial charge on any atom is -0.444 e. The number of alkyl carbamates (subject to hydrolysis) is 1. The third-order valence-electron chi connectivity index (χ3n) is 7.72. The van der Waals surface area contributed by atoms with E-state index >= 15 is 0 Å². The second-order valence-corrected chi connectivity index (χ2v) is 12.6. The van der Waals surface area contributed by atoms with E-state index in [1.54, 1.807) is 0 Å². The molecule has 4 amide bonds. The van der Waals surface area contributed by atoms with Crippen LogP contribution in [0.15, 0.2) is 11.8 Å². The minimum atomic E-state index is -1.03. The molecule has 0 aromatic rings. The fraction of sp³-hybridized carbons (Fsp3) is 0.750. The summed E-state index contributed by atoms with van der Waals surface area (Å²) in [4.78, 5) is 73.2. The molecule has 1 aliphatic carbocycles. The molecule has 3 aliphatic heterocycles. The number of likely N-dealkylation sites (tertiary alicyclic amines) is 1. The second-order valence-electron chi connectivity index (χ2n) is 12.6. The molecule has 41 heavy (non-hydrogen) atoms. The van der Waals surface area contributed by atoms with Gasteiger partial charge in [0.15, 0.2) is 0 Å². The van der Waals surface area contributed by atoms with Gasteiger partial charge in [-0.1, -0.05) is 34.1 Å². The Bertz CT molecular complexity index is 1080. The van der Waals surface area contributed by atoms with Gasteiger partial charge in [0, 0.05) is 24.6 Å². The maximum Gasteiger partial charge on any atom is 0.408 e. The first-order chi connectivity index (χ1) is 19.3. The van der Waals surface area contributed by atoms with Crippen LogP contribution in [-0.4, -0.2) is 90.1 Å². The van der Waals surface area contributed by atoms with Crippen LogP contribution in [0.25, 0.3) is 0 Å². The van der Waals surface area contributed by atoms with Crippen molar-refractivity contribution >= 4 is 29.6 Å². The molecule has 1 saturated carbocycles. The van der Waals surface area contributed by atoms with E-state index < -0.39 is 64.8 Å². The van der Waals surface area contributed by atoms with Crippen molar-refractivity contribution in [3.8, 4) is 0 Å². The van der Waals surface area contributed by atoms with E-state index in [0.717, 1.165) is 18.5 Å². The van der Waals surface area contributed by atoms with Gasteiger partial charge in [0.1, 0.15) is 23.8 Å². The minimum absolute atomic E-state index is 0.00369. The Kier molecular flexibility index (Phi) is 9.27. The van der Waals surface area contributed by atoms with Crippen molar-refractivity contribution in [2.45, 2.75) is 109 Å². The molecule has 4 N–H and O–H groups in total. The van der Waals surface area contributed by atoms with E-state index in [1.807, 2.05) is 40.7 Å². The van der Waals surface area contributed by atoms with E-state index in [0.29, 0.717) is 26.1 Å². The van der Waals surface area contributed by atoms with Crippen LogP contribution in [0.1, 0.15) is 73.1 Å². The number of carbonyl (C=O) groups is 5. The number of ether oxygens (including phenoxy) is 2. The summed E-state index contributed by atoms with van der Waals surface area (Å²) < 4.78 is 10.7. The van der Waals surface area contributed by atoms with E-state index in [-0.39, 0.29) is 25.4 Å². The Morgan fingerprint density at radius 3 is 2.46 bits per heavy atom. The topological polar surface area (TPSA) is 164 Å². The molecule has 0 aromatic heterocycles. The maximum absolute atomic E-state index is 14.1. The Morgan fingerprint density at radius 2 is 1.90 bits per heavy atom. The quantitative estimate of drug-likeness (QED) is 0.275. The van der Waals surface area contributed by atoms with Gasteiger partial charge in [-0.25, -0.2) is 4.79 Å². The van der Waals surface area contributed by atoms with Gasteiger partial charge < -0.3 is 30.3 Å². The predicted molar refractivity (Wildman–Crippen MR) is 146 cm³/mol. The van der Waals surface area contributed by atoms with E-state index in [2.05, 4.69) is 21.4 Å². The third kappa shape index (κ3) is 7.56. The van der Waals surface area contributed by atoms with Crippen LogP contribution in [0.2, 0.25) is 0 Å². The van der Waals surface area contributed by atoms with Crippen molar-refractivity contribution in [3.05, 3.63) is 11.8 Å². The number of Topliss-reactive ketones (excluding diaryl/α,β-unsaturated/α-hetero) is 1. The van der Waals surface area contributed by atoms with Crippen LogP contribution in [0, 0.1) is 5.41 Å². The first-order valence-corrected chi connectivity index (χ1v) is 14.5. The zero-order valence-electron chi connectivity index (χ0n) is 24.5. The van der Waals surface area contributed by atoms with Gasteiger partial charge in [0.2, 0.25) is 17.6 Å². The largest absolute Gasteiger partial charge is 0.444 e. The average Bonchev–Trinajstić information content (AvgIpc) is 3.25. The molecular formula is C28H43N5O8. The number of rotatable bonds is 10. The third-order valence-corrected chi connectivity index (χ3v) is 7.72. The summed E-state index contributed by atoms with van der Waals surface area (Å²) in [7, 11) is 0. The Morgan fingerprint density at radius 1 is 1.17 bits per heavy atom. The standard InChI is InChI=1S/C28H43N5O8/c1-6-7-19(21(34)24(36)29-17-8-9-17)30-23(35)20-13-28(12-16(2)32-41-28)15-33(20)25(37)22(27(3,4)5)31-26(38)40-18-10-11-39-14-18/h12,17-20,22,32H,6-11,13-15H2,1-5H3,(H,29,36)(H,30,35)(H,31,38)/t18-,19-,20-,22+,28+/m0/s1. The summed E-state index contributed by atoms with van der Waals surface area (Å²) in [6.07, 6.45) is 3.88. The van der Waals surface area contributed by atoms with Gasteiger partial charge in [-0.3, -0.25) is 29.5 Å². The highest BCUT2D eigenvalue weighted by molar-refractivity contribution is 6.38. The fourth-order valence-electron chi connectivity index (χ4n) is 5.37. The van der Waals surface area contributed by atoms with Crippen LogP contribution >= 0.6 is 0 Å². The molecule has 228 valence electrons. The second kappa shape index (κ2) is 12.4. The normalized spacial score (nSPS) is 27.0. The molecule has 13 nitrogen and oxygen atoms in total. The summed E-state index contributed by atoms with van der Waals surface area (Å²) in [6.45, 7) is 9.92.